The lowest BCUT2D eigenvalue weighted by Crippen LogP contribution is -2.67. The summed E-state index contributed by atoms with van der Waals surface area (Å²) < 4.78 is 13.0. The molecule has 0 bridgehead atoms. The summed E-state index contributed by atoms with van der Waals surface area (Å²) in [5.74, 6) is 0. The quantitative estimate of drug-likeness (QED) is 0.643. The van der Waals surface area contributed by atoms with E-state index in [0.717, 1.165) is 6.42 Å². The summed E-state index contributed by atoms with van der Waals surface area (Å²) in [7, 11) is -2.71. The third-order valence-electron chi connectivity index (χ3n) is 6.68. The van der Waals surface area contributed by atoms with Crippen molar-refractivity contribution in [3.05, 3.63) is 60.7 Å². The van der Waals surface area contributed by atoms with Crippen molar-refractivity contribution < 1.29 is 19.4 Å². The third-order valence-corrected chi connectivity index (χ3v) is 11.7. The maximum Gasteiger partial charge on any atom is 0.261 e. The Morgan fingerprint density at radius 2 is 1.48 bits per heavy atom. The van der Waals surface area contributed by atoms with E-state index in [1.54, 1.807) is 13.8 Å². The van der Waals surface area contributed by atoms with Gasteiger partial charge in [-0.05, 0) is 49.0 Å². The van der Waals surface area contributed by atoms with Gasteiger partial charge in [0.2, 0.25) is 0 Å². The highest BCUT2D eigenvalue weighted by molar-refractivity contribution is 6.99. The molecule has 4 nitrogen and oxygen atoms in total. The number of hydrogen-bond donors (Lipinski definition) is 2. The van der Waals surface area contributed by atoms with Crippen LogP contribution in [0.2, 0.25) is 5.04 Å². The lowest BCUT2D eigenvalue weighted by molar-refractivity contribution is -0.158. The molecule has 0 saturated carbocycles. The fraction of sp³-hybridized carbons (Fsp3) is 0.538. The smallest absolute Gasteiger partial charge is 0.261 e. The van der Waals surface area contributed by atoms with Crippen LogP contribution >= 0.6 is 0 Å². The molecule has 0 unspecified atom stereocenters. The van der Waals surface area contributed by atoms with E-state index in [2.05, 4.69) is 69.3 Å². The lowest BCUT2D eigenvalue weighted by atomic mass is 9.94. The molecule has 3 rings (SSSR count). The summed E-state index contributed by atoms with van der Waals surface area (Å²) in [4.78, 5) is 0. The molecule has 0 radical (unpaired) electrons. The Balaban J connectivity index is 1.93. The van der Waals surface area contributed by atoms with Gasteiger partial charge in [0.15, 0.2) is 0 Å². The monoisotopic (exact) mass is 442 g/mol. The van der Waals surface area contributed by atoms with Crippen LogP contribution in [-0.2, 0) is 9.16 Å². The second kappa shape index (κ2) is 8.79. The molecule has 2 aromatic rings. The average molecular weight is 443 g/mol. The first kappa shape index (κ1) is 24.1. The summed E-state index contributed by atoms with van der Waals surface area (Å²) in [6.07, 6.45) is 0.324. The van der Waals surface area contributed by atoms with Crippen LogP contribution < -0.4 is 10.4 Å². The molecular weight excluding hydrogens is 404 g/mol. The molecule has 5 heteroatoms. The van der Waals surface area contributed by atoms with Gasteiger partial charge in [-0.1, -0.05) is 81.4 Å². The van der Waals surface area contributed by atoms with Crippen molar-refractivity contribution in [2.24, 2.45) is 0 Å². The van der Waals surface area contributed by atoms with Gasteiger partial charge in [0.05, 0.1) is 23.9 Å². The Morgan fingerprint density at radius 1 is 1.00 bits per heavy atom. The van der Waals surface area contributed by atoms with E-state index in [9.17, 15) is 10.2 Å². The first-order valence-electron chi connectivity index (χ1n) is 11.2. The second-order valence-corrected chi connectivity index (χ2v) is 14.9. The molecule has 1 aliphatic rings. The summed E-state index contributed by atoms with van der Waals surface area (Å²) >= 11 is 0. The van der Waals surface area contributed by atoms with Gasteiger partial charge in [-0.15, -0.1) is 0 Å². The Kier molecular flexibility index (Phi) is 6.85. The number of rotatable bonds is 7. The van der Waals surface area contributed by atoms with Crippen LogP contribution in [0.3, 0.4) is 0 Å². The molecule has 1 fully saturated rings. The van der Waals surface area contributed by atoms with Crippen molar-refractivity contribution >= 4 is 18.7 Å². The Bertz CT molecular complexity index is 802. The molecule has 1 heterocycles. The van der Waals surface area contributed by atoms with Gasteiger partial charge in [-0.2, -0.15) is 0 Å². The highest BCUT2D eigenvalue weighted by Crippen LogP contribution is 2.40. The molecule has 2 N–H and O–H groups in total. The van der Waals surface area contributed by atoms with E-state index < -0.39 is 25.6 Å². The Morgan fingerprint density at radius 3 is 1.87 bits per heavy atom. The summed E-state index contributed by atoms with van der Waals surface area (Å²) in [6.45, 7) is 12.3. The molecular formula is C26H38O4Si. The number of aliphatic hydroxyl groups is 2. The summed E-state index contributed by atoms with van der Waals surface area (Å²) in [5.41, 5.74) is -1.67. The number of ether oxygens (including phenoxy) is 1. The van der Waals surface area contributed by atoms with Crippen molar-refractivity contribution in [2.75, 3.05) is 6.61 Å². The summed E-state index contributed by atoms with van der Waals surface area (Å²) in [6, 6.07) is 20.9. The van der Waals surface area contributed by atoms with E-state index in [0.29, 0.717) is 6.42 Å². The van der Waals surface area contributed by atoms with Gasteiger partial charge in [-0.3, -0.25) is 0 Å². The van der Waals surface area contributed by atoms with E-state index in [4.69, 9.17) is 9.16 Å². The van der Waals surface area contributed by atoms with E-state index in [-0.39, 0.29) is 17.7 Å². The minimum absolute atomic E-state index is 0.150. The lowest BCUT2D eigenvalue weighted by Gasteiger charge is -2.44. The van der Waals surface area contributed by atoms with E-state index in [1.165, 1.54) is 10.4 Å². The van der Waals surface area contributed by atoms with Crippen molar-refractivity contribution in [1.82, 2.24) is 0 Å². The molecule has 170 valence electrons. The predicted molar refractivity (Wildman–Crippen MR) is 128 cm³/mol. The standard InChI is InChI=1S/C26H38O4Si/c1-24(2,3)31(20-13-9-7-10-14-20,21-15-11-8-12-16-21)29-19-22(27)26(6)18-17-23(30-26)25(4,5)28/h7-16,22-23,27-28H,17-19H2,1-6H3/t22-,23+,26-/m1/s1. The van der Waals surface area contributed by atoms with E-state index in [1.807, 2.05) is 19.1 Å². The zero-order chi connectivity index (χ0) is 22.9. The van der Waals surface area contributed by atoms with Gasteiger partial charge in [0.25, 0.3) is 8.32 Å². The van der Waals surface area contributed by atoms with Gasteiger partial charge in [0.1, 0.15) is 6.10 Å². The Hall–Kier alpha value is -1.50. The minimum Gasteiger partial charge on any atom is -0.405 e. The third kappa shape index (κ3) is 4.81. The van der Waals surface area contributed by atoms with Crippen LogP contribution in [0.15, 0.2) is 60.7 Å². The topological polar surface area (TPSA) is 58.9 Å². The largest absolute Gasteiger partial charge is 0.405 e. The van der Waals surface area contributed by atoms with Crippen molar-refractivity contribution in [1.29, 1.82) is 0 Å². The Labute approximate surface area is 188 Å². The van der Waals surface area contributed by atoms with Gasteiger partial charge in [-0.25, -0.2) is 0 Å². The molecule has 1 saturated heterocycles. The molecule has 0 aromatic heterocycles. The first-order chi connectivity index (χ1) is 14.4. The van der Waals surface area contributed by atoms with Crippen LogP contribution in [0.1, 0.15) is 54.4 Å². The number of benzene rings is 2. The maximum atomic E-state index is 11.2. The maximum absolute atomic E-state index is 11.2. The minimum atomic E-state index is -2.71. The van der Waals surface area contributed by atoms with Crippen LogP contribution in [0.25, 0.3) is 0 Å². The zero-order valence-corrected chi connectivity index (χ0v) is 20.8. The first-order valence-corrected chi connectivity index (χ1v) is 13.1. The van der Waals surface area contributed by atoms with Gasteiger partial charge >= 0.3 is 0 Å². The molecule has 31 heavy (non-hydrogen) atoms. The normalized spacial score (nSPS) is 23.7. The molecule has 0 spiro atoms. The molecule has 0 aliphatic carbocycles. The molecule has 3 atom stereocenters. The fourth-order valence-electron chi connectivity index (χ4n) is 4.74. The number of aliphatic hydroxyl groups excluding tert-OH is 1. The van der Waals surface area contributed by atoms with Crippen LogP contribution in [0, 0.1) is 0 Å². The number of hydrogen-bond acceptors (Lipinski definition) is 4. The molecule has 2 aromatic carbocycles. The average Bonchev–Trinajstić information content (AvgIpc) is 3.13. The predicted octanol–water partition coefficient (Wildman–Crippen LogP) is 3.63. The van der Waals surface area contributed by atoms with E-state index >= 15 is 0 Å². The SMILES string of the molecule is CC(C)(O)[C@@H]1CC[C@](C)([C@H](O)CO[Si](c2ccccc2)(c2ccccc2)C(C)(C)C)O1. The fourth-order valence-corrected chi connectivity index (χ4v) is 9.31. The van der Waals surface area contributed by atoms with Crippen LogP contribution in [-0.4, -0.2) is 48.5 Å². The van der Waals surface area contributed by atoms with Crippen LogP contribution in [0.5, 0.6) is 0 Å². The zero-order valence-electron chi connectivity index (χ0n) is 19.8. The van der Waals surface area contributed by atoms with Crippen molar-refractivity contribution in [3.63, 3.8) is 0 Å². The molecule has 0 amide bonds. The summed E-state index contributed by atoms with van der Waals surface area (Å²) in [5, 5.41) is 23.8. The molecule has 1 aliphatic heterocycles. The highest BCUT2D eigenvalue weighted by atomic mass is 28.4. The van der Waals surface area contributed by atoms with Gasteiger partial charge in [0, 0.05) is 0 Å². The van der Waals surface area contributed by atoms with Crippen LogP contribution in [0.4, 0.5) is 0 Å². The van der Waals surface area contributed by atoms with Crippen molar-refractivity contribution in [3.8, 4) is 0 Å². The van der Waals surface area contributed by atoms with Gasteiger partial charge < -0.3 is 19.4 Å². The highest BCUT2D eigenvalue weighted by Gasteiger charge is 2.52. The van der Waals surface area contributed by atoms with Crippen molar-refractivity contribution in [2.45, 2.75) is 82.8 Å². The second-order valence-electron chi connectivity index (χ2n) is 10.6.